The van der Waals surface area contributed by atoms with Gasteiger partial charge in [0.2, 0.25) is 0 Å². The first-order valence-corrected chi connectivity index (χ1v) is 10.8. The number of benzene rings is 2. The van der Waals surface area contributed by atoms with Gasteiger partial charge in [-0.15, -0.1) is 0 Å². The van der Waals surface area contributed by atoms with Gasteiger partial charge in [-0.25, -0.2) is 0 Å². The third-order valence-corrected chi connectivity index (χ3v) is 6.05. The Morgan fingerprint density at radius 3 is 2.55 bits per heavy atom. The summed E-state index contributed by atoms with van der Waals surface area (Å²) in [6.07, 6.45) is 4.37. The van der Waals surface area contributed by atoms with Crippen LogP contribution in [-0.2, 0) is 6.54 Å². The number of hydrogen-bond acceptors (Lipinski definition) is 5. The fraction of sp³-hybridized carbons (Fsp3) is 0.500. The zero-order chi connectivity index (χ0) is 20.5. The molecule has 2 aromatic rings. The number of para-hydroxylation sites is 2. The van der Waals surface area contributed by atoms with Gasteiger partial charge in [0.05, 0.1) is 7.11 Å². The third kappa shape index (κ3) is 6.20. The Labute approximate surface area is 174 Å². The standard InChI is InChI=1S/C24H35N3O2/c1-29-24-9-5-3-7-22(24)19-11-15-27(16-12-19)17-13-21(10-14-25)26-18-20-6-2-4-8-23(20)28/h2-9,19,21,26,28H,10-18,25H2,1H3. The molecule has 1 fully saturated rings. The van der Waals surface area contributed by atoms with E-state index in [1.807, 2.05) is 24.3 Å². The van der Waals surface area contributed by atoms with Crippen molar-refractivity contribution in [2.24, 2.45) is 5.73 Å². The lowest BCUT2D eigenvalue weighted by molar-refractivity contribution is 0.199. The molecule has 3 rings (SSSR count). The number of hydrogen-bond donors (Lipinski definition) is 3. The minimum Gasteiger partial charge on any atom is -0.508 e. The molecule has 29 heavy (non-hydrogen) atoms. The molecule has 5 nitrogen and oxygen atoms in total. The maximum absolute atomic E-state index is 9.96. The first-order valence-electron chi connectivity index (χ1n) is 10.8. The SMILES string of the molecule is COc1ccccc1C1CCN(CCC(CCN)NCc2ccccc2O)CC1. The van der Waals surface area contributed by atoms with Gasteiger partial charge in [0.15, 0.2) is 0 Å². The zero-order valence-corrected chi connectivity index (χ0v) is 17.5. The number of nitrogens with two attached hydrogens (primary N) is 1. The molecular weight excluding hydrogens is 362 g/mol. The van der Waals surface area contributed by atoms with Gasteiger partial charge in [-0.3, -0.25) is 0 Å². The fourth-order valence-electron chi connectivity index (χ4n) is 4.27. The number of aromatic hydroxyl groups is 1. The number of phenolic OH excluding ortho intramolecular Hbond substituents is 1. The Morgan fingerprint density at radius 2 is 1.83 bits per heavy atom. The number of methoxy groups -OCH3 is 1. The summed E-state index contributed by atoms with van der Waals surface area (Å²) in [5.74, 6) is 1.95. The lowest BCUT2D eigenvalue weighted by atomic mass is 9.88. The molecule has 1 unspecified atom stereocenters. The molecule has 1 saturated heterocycles. The van der Waals surface area contributed by atoms with Crippen molar-refractivity contribution in [3.8, 4) is 11.5 Å². The van der Waals surface area contributed by atoms with Crippen LogP contribution in [0.2, 0.25) is 0 Å². The Bertz CT molecular complexity index is 744. The number of phenols is 1. The number of rotatable bonds is 10. The first kappa shape index (κ1) is 21.6. The number of nitrogens with zero attached hydrogens (tertiary/aromatic N) is 1. The molecule has 1 aliphatic rings. The predicted octanol–water partition coefficient (Wildman–Crippen LogP) is 3.48. The summed E-state index contributed by atoms with van der Waals surface area (Å²) < 4.78 is 5.55. The van der Waals surface area contributed by atoms with Crippen LogP contribution in [0.4, 0.5) is 0 Å². The van der Waals surface area contributed by atoms with Crippen LogP contribution in [0.3, 0.4) is 0 Å². The van der Waals surface area contributed by atoms with Crippen LogP contribution in [0.1, 0.15) is 42.7 Å². The van der Waals surface area contributed by atoms with Gasteiger partial charge in [-0.1, -0.05) is 36.4 Å². The van der Waals surface area contributed by atoms with E-state index in [1.165, 1.54) is 18.4 Å². The maximum Gasteiger partial charge on any atom is 0.122 e. The molecule has 2 aromatic carbocycles. The average molecular weight is 398 g/mol. The summed E-state index contributed by atoms with van der Waals surface area (Å²) >= 11 is 0. The van der Waals surface area contributed by atoms with Crippen molar-refractivity contribution < 1.29 is 9.84 Å². The molecule has 0 aliphatic carbocycles. The lowest BCUT2D eigenvalue weighted by Gasteiger charge is -2.33. The van der Waals surface area contributed by atoms with E-state index in [0.29, 0.717) is 30.8 Å². The van der Waals surface area contributed by atoms with Crippen molar-refractivity contribution in [3.63, 3.8) is 0 Å². The van der Waals surface area contributed by atoms with E-state index in [9.17, 15) is 5.11 Å². The van der Waals surface area contributed by atoms with E-state index in [2.05, 4.69) is 28.4 Å². The van der Waals surface area contributed by atoms with Gasteiger partial charge < -0.3 is 25.8 Å². The van der Waals surface area contributed by atoms with E-state index >= 15 is 0 Å². The van der Waals surface area contributed by atoms with E-state index in [4.69, 9.17) is 10.5 Å². The summed E-state index contributed by atoms with van der Waals surface area (Å²) in [6.45, 7) is 4.67. The van der Waals surface area contributed by atoms with E-state index in [-0.39, 0.29) is 0 Å². The Morgan fingerprint density at radius 1 is 1.10 bits per heavy atom. The highest BCUT2D eigenvalue weighted by molar-refractivity contribution is 5.36. The highest BCUT2D eigenvalue weighted by Crippen LogP contribution is 2.34. The van der Waals surface area contributed by atoms with Gasteiger partial charge in [0, 0.05) is 18.2 Å². The monoisotopic (exact) mass is 397 g/mol. The van der Waals surface area contributed by atoms with Gasteiger partial charge in [0.1, 0.15) is 11.5 Å². The Hall–Kier alpha value is -2.08. The van der Waals surface area contributed by atoms with Crippen molar-refractivity contribution in [2.75, 3.05) is 33.3 Å². The van der Waals surface area contributed by atoms with Crippen LogP contribution < -0.4 is 15.8 Å². The second-order valence-electron chi connectivity index (χ2n) is 7.93. The maximum atomic E-state index is 9.96. The summed E-state index contributed by atoms with van der Waals surface area (Å²) in [5, 5.41) is 13.5. The van der Waals surface area contributed by atoms with Gasteiger partial charge in [0.25, 0.3) is 0 Å². The van der Waals surface area contributed by atoms with Gasteiger partial charge >= 0.3 is 0 Å². The molecule has 1 aliphatic heterocycles. The molecule has 4 N–H and O–H groups in total. The predicted molar refractivity (Wildman–Crippen MR) is 118 cm³/mol. The molecule has 0 amide bonds. The van der Waals surface area contributed by atoms with Gasteiger partial charge in [-0.2, -0.15) is 0 Å². The molecule has 5 heteroatoms. The summed E-state index contributed by atoms with van der Waals surface area (Å²) in [5.41, 5.74) is 8.12. The normalized spacial score (nSPS) is 16.6. The third-order valence-electron chi connectivity index (χ3n) is 6.05. The van der Waals surface area contributed by atoms with E-state index < -0.39 is 0 Å². The minimum atomic E-state index is 0.352. The summed E-state index contributed by atoms with van der Waals surface area (Å²) in [6, 6.07) is 16.3. The van der Waals surface area contributed by atoms with Crippen molar-refractivity contribution in [3.05, 3.63) is 59.7 Å². The summed E-state index contributed by atoms with van der Waals surface area (Å²) in [7, 11) is 1.76. The quantitative estimate of drug-likeness (QED) is 0.573. The second-order valence-corrected chi connectivity index (χ2v) is 7.93. The molecule has 1 atom stereocenters. The zero-order valence-electron chi connectivity index (χ0n) is 17.5. The smallest absolute Gasteiger partial charge is 0.122 e. The average Bonchev–Trinajstić information content (AvgIpc) is 2.77. The van der Waals surface area contributed by atoms with Crippen molar-refractivity contribution >= 4 is 0 Å². The number of nitrogens with one attached hydrogen (secondary N) is 1. The highest BCUT2D eigenvalue weighted by Gasteiger charge is 2.23. The summed E-state index contributed by atoms with van der Waals surface area (Å²) in [4.78, 5) is 2.57. The molecular formula is C24H35N3O2. The van der Waals surface area contributed by atoms with E-state index in [1.54, 1.807) is 13.2 Å². The van der Waals surface area contributed by atoms with Crippen LogP contribution in [0.25, 0.3) is 0 Å². The molecule has 0 radical (unpaired) electrons. The topological polar surface area (TPSA) is 70.8 Å². The van der Waals surface area contributed by atoms with Crippen LogP contribution in [0.5, 0.6) is 11.5 Å². The second kappa shape index (κ2) is 11.2. The Balaban J connectivity index is 1.45. The number of piperidine rings is 1. The first-order chi connectivity index (χ1) is 14.2. The molecule has 1 heterocycles. The van der Waals surface area contributed by atoms with Crippen LogP contribution in [0.15, 0.2) is 48.5 Å². The van der Waals surface area contributed by atoms with Crippen molar-refractivity contribution in [1.29, 1.82) is 0 Å². The van der Waals surface area contributed by atoms with E-state index in [0.717, 1.165) is 43.8 Å². The lowest BCUT2D eigenvalue weighted by Crippen LogP contribution is -2.38. The fourth-order valence-corrected chi connectivity index (χ4v) is 4.27. The molecule has 0 bridgehead atoms. The van der Waals surface area contributed by atoms with Crippen LogP contribution in [-0.4, -0.2) is 49.3 Å². The molecule has 0 spiro atoms. The number of likely N-dealkylation sites (tertiary alicyclic amines) is 1. The van der Waals surface area contributed by atoms with Crippen LogP contribution >= 0.6 is 0 Å². The molecule has 0 saturated carbocycles. The largest absolute Gasteiger partial charge is 0.508 e. The van der Waals surface area contributed by atoms with Crippen molar-refractivity contribution in [2.45, 2.75) is 44.2 Å². The molecule has 158 valence electrons. The van der Waals surface area contributed by atoms with Gasteiger partial charge in [-0.05, 0) is 75.5 Å². The highest BCUT2D eigenvalue weighted by atomic mass is 16.5. The van der Waals surface area contributed by atoms with Crippen molar-refractivity contribution in [1.82, 2.24) is 10.2 Å². The van der Waals surface area contributed by atoms with Crippen LogP contribution in [0, 0.1) is 0 Å². The minimum absolute atomic E-state index is 0.352. The molecule has 0 aromatic heterocycles. The Kier molecular flexibility index (Phi) is 8.35. The number of ether oxygens (including phenoxy) is 1.